The highest BCUT2D eigenvalue weighted by molar-refractivity contribution is 6.07. The van der Waals surface area contributed by atoms with E-state index < -0.39 is 0 Å². The quantitative estimate of drug-likeness (QED) is 0.856. The maximum Gasteiger partial charge on any atom is 0.261 e. The molecule has 4 nitrogen and oxygen atoms in total. The molecule has 1 heterocycles. The van der Waals surface area contributed by atoms with Crippen molar-refractivity contribution in [1.29, 1.82) is 0 Å². The van der Waals surface area contributed by atoms with Gasteiger partial charge in [-0.15, -0.1) is 0 Å². The largest absolute Gasteiger partial charge is 0.505 e. The Bertz CT molecular complexity index is 526. The zero-order valence-electron chi connectivity index (χ0n) is 9.37. The summed E-state index contributed by atoms with van der Waals surface area (Å²) in [6.45, 7) is 0. The van der Waals surface area contributed by atoms with Gasteiger partial charge in [-0.3, -0.25) is 9.78 Å². The first kappa shape index (κ1) is 11.1. The molecule has 2 rings (SSSR count). The number of amides is 1. The van der Waals surface area contributed by atoms with Gasteiger partial charge in [0, 0.05) is 18.9 Å². The first-order chi connectivity index (χ1) is 8.20. The molecule has 0 spiro atoms. The summed E-state index contributed by atoms with van der Waals surface area (Å²) < 4.78 is 0. The highest BCUT2D eigenvalue weighted by Crippen LogP contribution is 2.19. The van der Waals surface area contributed by atoms with Crippen LogP contribution in [0.1, 0.15) is 10.4 Å². The molecule has 0 aliphatic heterocycles. The van der Waals surface area contributed by atoms with E-state index in [1.54, 1.807) is 7.05 Å². The predicted molar refractivity (Wildman–Crippen MR) is 65.1 cm³/mol. The molecule has 1 aromatic heterocycles. The monoisotopic (exact) mass is 228 g/mol. The van der Waals surface area contributed by atoms with Crippen molar-refractivity contribution in [2.24, 2.45) is 0 Å². The molecule has 0 radical (unpaired) electrons. The molecule has 86 valence electrons. The summed E-state index contributed by atoms with van der Waals surface area (Å²) in [4.78, 5) is 17.3. The number of para-hydroxylation sites is 1. The SMILES string of the molecule is CN(C(=O)c1ccncc1O)c1ccccc1. The zero-order valence-corrected chi connectivity index (χ0v) is 9.37. The minimum atomic E-state index is -0.267. The van der Waals surface area contributed by atoms with E-state index in [9.17, 15) is 9.90 Å². The normalized spacial score (nSPS) is 9.94. The van der Waals surface area contributed by atoms with Gasteiger partial charge in [-0.2, -0.15) is 0 Å². The Morgan fingerprint density at radius 2 is 1.94 bits per heavy atom. The summed E-state index contributed by atoms with van der Waals surface area (Å²) in [6, 6.07) is 10.7. The Hall–Kier alpha value is -2.36. The van der Waals surface area contributed by atoms with Crippen LogP contribution < -0.4 is 4.90 Å². The second-order valence-electron chi connectivity index (χ2n) is 3.59. The van der Waals surface area contributed by atoms with Gasteiger partial charge in [0.05, 0.1) is 11.8 Å². The summed E-state index contributed by atoms with van der Waals surface area (Å²) in [5.41, 5.74) is 1.01. The molecular weight excluding hydrogens is 216 g/mol. The van der Waals surface area contributed by atoms with E-state index in [4.69, 9.17) is 0 Å². The molecule has 1 aromatic carbocycles. The lowest BCUT2D eigenvalue weighted by Gasteiger charge is -2.17. The summed E-state index contributed by atoms with van der Waals surface area (Å²) in [6.07, 6.45) is 2.73. The van der Waals surface area contributed by atoms with Gasteiger partial charge in [-0.25, -0.2) is 0 Å². The van der Waals surface area contributed by atoms with Crippen molar-refractivity contribution in [3.63, 3.8) is 0 Å². The number of hydrogen-bond acceptors (Lipinski definition) is 3. The first-order valence-electron chi connectivity index (χ1n) is 5.16. The van der Waals surface area contributed by atoms with Crippen LogP contribution in [-0.4, -0.2) is 23.0 Å². The summed E-state index contributed by atoms with van der Waals surface area (Å²) in [5.74, 6) is -0.378. The Balaban J connectivity index is 2.30. The van der Waals surface area contributed by atoms with Gasteiger partial charge in [0.1, 0.15) is 5.75 Å². The Kier molecular flexibility index (Phi) is 3.05. The number of carbonyl (C=O) groups is 1. The molecule has 2 aromatic rings. The van der Waals surface area contributed by atoms with Gasteiger partial charge in [0.2, 0.25) is 0 Å². The molecule has 1 N–H and O–H groups in total. The van der Waals surface area contributed by atoms with E-state index in [1.807, 2.05) is 30.3 Å². The van der Waals surface area contributed by atoms with E-state index in [0.29, 0.717) is 0 Å². The van der Waals surface area contributed by atoms with Crippen LogP contribution in [-0.2, 0) is 0 Å². The van der Waals surface area contributed by atoms with E-state index in [-0.39, 0.29) is 17.2 Å². The summed E-state index contributed by atoms with van der Waals surface area (Å²) >= 11 is 0. The van der Waals surface area contributed by atoms with Crippen molar-refractivity contribution in [2.45, 2.75) is 0 Å². The standard InChI is InChI=1S/C13H12N2O2/c1-15(10-5-3-2-4-6-10)13(17)11-7-8-14-9-12(11)16/h2-9,16H,1H3. The smallest absolute Gasteiger partial charge is 0.261 e. The van der Waals surface area contributed by atoms with Gasteiger partial charge in [0.25, 0.3) is 5.91 Å². The zero-order chi connectivity index (χ0) is 12.3. The Morgan fingerprint density at radius 3 is 2.59 bits per heavy atom. The fourth-order valence-corrected chi connectivity index (χ4v) is 1.52. The average molecular weight is 228 g/mol. The molecule has 0 fully saturated rings. The van der Waals surface area contributed by atoms with Crippen LogP contribution in [0.5, 0.6) is 5.75 Å². The molecule has 0 saturated heterocycles. The van der Waals surface area contributed by atoms with E-state index in [1.165, 1.54) is 23.4 Å². The average Bonchev–Trinajstić information content (AvgIpc) is 2.39. The van der Waals surface area contributed by atoms with Crippen LogP contribution >= 0.6 is 0 Å². The van der Waals surface area contributed by atoms with Crippen molar-refractivity contribution < 1.29 is 9.90 Å². The highest BCUT2D eigenvalue weighted by atomic mass is 16.3. The van der Waals surface area contributed by atoms with Crippen LogP contribution in [0, 0.1) is 0 Å². The first-order valence-corrected chi connectivity index (χ1v) is 5.16. The Morgan fingerprint density at radius 1 is 1.24 bits per heavy atom. The van der Waals surface area contributed by atoms with Gasteiger partial charge < -0.3 is 10.0 Å². The van der Waals surface area contributed by atoms with Crippen LogP contribution in [0.15, 0.2) is 48.8 Å². The van der Waals surface area contributed by atoms with Crippen molar-refractivity contribution in [3.8, 4) is 5.75 Å². The van der Waals surface area contributed by atoms with Crippen molar-refractivity contribution in [2.75, 3.05) is 11.9 Å². The number of aromatic hydroxyl groups is 1. The van der Waals surface area contributed by atoms with Crippen molar-refractivity contribution in [1.82, 2.24) is 4.98 Å². The molecule has 0 bridgehead atoms. The molecule has 0 aliphatic carbocycles. The maximum absolute atomic E-state index is 12.1. The number of nitrogens with zero attached hydrogens (tertiary/aromatic N) is 2. The predicted octanol–water partition coefficient (Wildman–Crippen LogP) is 2.06. The van der Waals surface area contributed by atoms with Gasteiger partial charge in [-0.1, -0.05) is 18.2 Å². The fraction of sp³-hybridized carbons (Fsp3) is 0.0769. The molecule has 0 unspecified atom stereocenters. The number of benzene rings is 1. The lowest BCUT2D eigenvalue weighted by molar-refractivity contribution is 0.0990. The van der Waals surface area contributed by atoms with E-state index in [2.05, 4.69) is 4.98 Å². The molecular formula is C13H12N2O2. The Labute approximate surface area is 99.2 Å². The highest BCUT2D eigenvalue weighted by Gasteiger charge is 2.16. The number of pyridine rings is 1. The number of rotatable bonds is 2. The van der Waals surface area contributed by atoms with Crippen LogP contribution in [0.2, 0.25) is 0 Å². The van der Waals surface area contributed by atoms with E-state index >= 15 is 0 Å². The fourth-order valence-electron chi connectivity index (χ4n) is 1.52. The van der Waals surface area contributed by atoms with E-state index in [0.717, 1.165) is 5.69 Å². The van der Waals surface area contributed by atoms with Gasteiger partial charge in [-0.05, 0) is 18.2 Å². The molecule has 0 atom stereocenters. The molecule has 17 heavy (non-hydrogen) atoms. The van der Waals surface area contributed by atoms with Gasteiger partial charge >= 0.3 is 0 Å². The summed E-state index contributed by atoms with van der Waals surface area (Å²) in [5, 5.41) is 9.57. The molecule has 4 heteroatoms. The minimum absolute atomic E-state index is 0.111. The summed E-state index contributed by atoms with van der Waals surface area (Å²) in [7, 11) is 1.66. The third-order valence-corrected chi connectivity index (χ3v) is 2.48. The van der Waals surface area contributed by atoms with Gasteiger partial charge in [0.15, 0.2) is 0 Å². The minimum Gasteiger partial charge on any atom is -0.505 e. The third-order valence-electron chi connectivity index (χ3n) is 2.48. The van der Waals surface area contributed by atoms with Crippen molar-refractivity contribution >= 4 is 11.6 Å². The second-order valence-corrected chi connectivity index (χ2v) is 3.59. The third kappa shape index (κ3) is 2.25. The molecule has 1 amide bonds. The van der Waals surface area contributed by atoms with Crippen LogP contribution in [0.25, 0.3) is 0 Å². The number of anilines is 1. The number of hydrogen-bond donors (Lipinski definition) is 1. The molecule has 0 saturated carbocycles. The van der Waals surface area contributed by atoms with Crippen molar-refractivity contribution in [3.05, 3.63) is 54.4 Å². The molecule has 0 aliphatic rings. The topological polar surface area (TPSA) is 53.4 Å². The van der Waals surface area contributed by atoms with Crippen LogP contribution in [0.4, 0.5) is 5.69 Å². The maximum atomic E-state index is 12.1. The number of carbonyl (C=O) groups excluding carboxylic acids is 1. The number of aromatic nitrogens is 1. The lowest BCUT2D eigenvalue weighted by Crippen LogP contribution is -2.26. The lowest BCUT2D eigenvalue weighted by atomic mass is 10.2. The van der Waals surface area contributed by atoms with Crippen LogP contribution in [0.3, 0.4) is 0 Å². The second kappa shape index (κ2) is 4.65.